The van der Waals surface area contributed by atoms with Crippen molar-refractivity contribution in [1.82, 2.24) is 4.57 Å². The third-order valence-corrected chi connectivity index (χ3v) is 4.96. The highest BCUT2D eigenvalue weighted by molar-refractivity contribution is 6.13. The summed E-state index contributed by atoms with van der Waals surface area (Å²) in [6, 6.07) is 20.2. The summed E-state index contributed by atoms with van der Waals surface area (Å²) < 4.78 is 20.6. The van der Waals surface area contributed by atoms with Gasteiger partial charge >= 0.3 is 5.97 Å². The van der Waals surface area contributed by atoms with E-state index < -0.39 is 0 Å². The van der Waals surface area contributed by atoms with Crippen LogP contribution in [-0.4, -0.2) is 16.4 Å². The second-order valence-electron chi connectivity index (χ2n) is 7.11. The number of rotatable bonds is 6. The summed E-state index contributed by atoms with van der Waals surface area (Å²) in [5, 5.41) is 3.45. The van der Waals surface area contributed by atoms with Crippen LogP contribution in [0.5, 0.6) is 5.75 Å². The zero-order valence-corrected chi connectivity index (χ0v) is 17.0. The summed E-state index contributed by atoms with van der Waals surface area (Å²) in [6.45, 7) is 2.66. The smallest absolute Gasteiger partial charge is 0.315 e. The zero-order chi connectivity index (χ0) is 21.8. The number of aromatic nitrogens is 1. The molecule has 1 N–H and O–H groups in total. The summed E-state index contributed by atoms with van der Waals surface area (Å²) in [4.78, 5) is 25.2. The summed E-state index contributed by atoms with van der Waals surface area (Å²) >= 11 is 0. The predicted molar refractivity (Wildman–Crippen MR) is 118 cm³/mol. The number of halogens is 1. The maximum Gasteiger partial charge on any atom is 0.315 e. The number of carbonyl (C=O) groups is 2. The number of nitrogens with zero attached hydrogens (tertiary/aromatic N) is 1. The van der Waals surface area contributed by atoms with Gasteiger partial charge in [-0.2, -0.15) is 0 Å². The Morgan fingerprint density at radius 3 is 2.45 bits per heavy atom. The van der Waals surface area contributed by atoms with E-state index in [0.717, 1.165) is 11.1 Å². The van der Waals surface area contributed by atoms with E-state index in [-0.39, 0.29) is 24.1 Å². The van der Waals surface area contributed by atoms with Crippen LogP contribution in [0.1, 0.15) is 22.8 Å². The standard InChI is InChI=1S/C25H21FN2O3/c1-2-28-16-22(25(30)27-19-10-8-18(26)9-11-19)21-15-20(12-13-23(21)28)31-24(29)14-17-6-4-3-5-7-17/h3-13,15-16H,2,14H2,1H3,(H,27,30). The van der Waals surface area contributed by atoms with E-state index in [1.807, 2.05) is 47.9 Å². The van der Waals surface area contributed by atoms with Crippen LogP contribution in [0.4, 0.5) is 10.1 Å². The molecule has 5 nitrogen and oxygen atoms in total. The molecule has 0 aliphatic rings. The molecule has 0 aliphatic heterocycles. The molecule has 1 heterocycles. The number of esters is 1. The fraction of sp³-hybridized carbons (Fsp3) is 0.120. The largest absolute Gasteiger partial charge is 0.426 e. The molecule has 0 bridgehead atoms. The number of fused-ring (bicyclic) bond motifs is 1. The number of hydrogen-bond acceptors (Lipinski definition) is 3. The molecule has 0 atom stereocenters. The second kappa shape index (κ2) is 8.83. The number of aryl methyl sites for hydroxylation is 1. The zero-order valence-electron chi connectivity index (χ0n) is 17.0. The number of carbonyl (C=O) groups excluding carboxylic acids is 2. The Balaban J connectivity index is 1.59. The minimum Gasteiger partial charge on any atom is -0.426 e. The first kappa shape index (κ1) is 20.3. The van der Waals surface area contributed by atoms with Gasteiger partial charge in [0.25, 0.3) is 5.91 Å². The number of hydrogen-bond donors (Lipinski definition) is 1. The summed E-state index contributed by atoms with van der Waals surface area (Å²) in [7, 11) is 0. The molecule has 6 heteroatoms. The highest BCUT2D eigenvalue weighted by atomic mass is 19.1. The van der Waals surface area contributed by atoms with Gasteiger partial charge in [-0.15, -0.1) is 0 Å². The van der Waals surface area contributed by atoms with E-state index in [1.165, 1.54) is 24.3 Å². The van der Waals surface area contributed by atoms with Crippen molar-refractivity contribution in [3.63, 3.8) is 0 Å². The number of benzene rings is 3. The van der Waals surface area contributed by atoms with Crippen molar-refractivity contribution in [3.8, 4) is 5.75 Å². The molecule has 0 spiro atoms. The van der Waals surface area contributed by atoms with Gasteiger partial charge in [-0.05, 0) is 55.0 Å². The van der Waals surface area contributed by atoms with E-state index in [9.17, 15) is 14.0 Å². The van der Waals surface area contributed by atoms with Gasteiger partial charge in [0, 0.05) is 29.3 Å². The van der Waals surface area contributed by atoms with Crippen LogP contribution in [0.15, 0.2) is 79.0 Å². The van der Waals surface area contributed by atoms with Gasteiger partial charge in [0.2, 0.25) is 0 Å². The van der Waals surface area contributed by atoms with Gasteiger partial charge in [0.1, 0.15) is 11.6 Å². The van der Waals surface area contributed by atoms with E-state index in [4.69, 9.17) is 4.74 Å². The van der Waals surface area contributed by atoms with Crippen molar-refractivity contribution < 1.29 is 18.7 Å². The Hall–Kier alpha value is -3.93. The summed E-state index contributed by atoms with van der Waals surface area (Å²) in [5.74, 6) is -0.699. The summed E-state index contributed by atoms with van der Waals surface area (Å²) in [6.07, 6.45) is 1.92. The van der Waals surface area contributed by atoms with Crippen molar-refractivity contribution in [2.75, 3.05) is 5.32 Å². The topological polar surface area (TPSA) is 60.3 Å². The fourth-order valence-electron chi connectivity index (χ4n) is 3.44. The Morgan fingerprint density at radius 1 is 1.00 bits per heavy atom. The Bertz CT molecular complexity index is 1230. The highest BCUT2D eigenvalue weighted by Gasteiger charge is 2.17. The molecule has 4 rings (SSSR count). The number of nitrogens with one attached hydrogen (secondary N) is 1. The molecule has 0 saturated heterocycles. The average molecular weight is 416 g/mol. The van der Waals surface area contributed by atoms with E-state index >= 15 is 0 Å². The van der Waals surface area contributed by atoms with Crippen LogP contribution in [-0.2, 0) is 17.8 Å². The monoisotopic (exact) mass is 416 g/mol. The quantitative estimate of drug-likeness (QED) is 0.347. The normalized spacial score (nSPS) is 10.8. The maximum atomic E-state index is 13.1. The van der Waals surface area contributed by atoms with Crippen LogP contribution in [0.25, 0.3) is 10.9 Å². The number of anilines is 1. The van der Waals surface area contributed by atoms with Crippen LogP contribution in [0.3, 0.4) is 0 Å². The predicted octanol–water partition coefficient (Wildman–Crippen LogP) is 5.20. The maximum absolute atomic E-state index is 13.1. The van der Waals surface area contributed by atoms with Crippen LogP contribution in [0.2, 0.25) is 0 Å². The highest BCUT2D eigenvalue weighted by Crippen LogP contribution is 2.27. The van der Waals surface area contributed by atoms with Crippen LogP contribution < -0.4 is 10.1 Å². The van der Waals surface area contributed by atoms with Gasteiger partial charge in [0.05, 0.1) is 12.0 Å². The second-order valence-corrected chi connectivity index (χ2v) is 7.11. The Labute approximate surface area is 179 Å². The van der Waals surface area contributed by atoms with Gasteiger partial charge in [-0.3, -0.25) is 9.59 Å². The Kier molecular flexibility index (Phi) is 5.80. The lowest BCUT2D eigenvalue weighted by Crippen LogP contribution is -2.12. The van der Waals surface area contributed by atoms with Crippen molar-refractivity contribution in [2.24, 2.45) is 0 Å². The molecule has 1 amide bonds. The third-order valence-electron chi connectivity index (χ3n) is 4.96. The number of ether oxygens (including phenoxy) is 1. The molecule has 0 fully saturated rings. The lowest BCUT2D eigenvalue weighted by atomic mass is 10.1. The number of amides is 1. The van der Waals surface area contributed by atoms with Gasteiger partial charge in [-0.1, -0.05) is 30.3 Å². The summed E-state index contributed by atoms with van der Waals surface area (Å²) in [5.41, 5.74) is 2.66. The van der Waals surface area contributed by atoms with Crippen molar-refractivity contribution in [2.45, 2.75) is 19.9 Å². The molecular formula is C25H21FN2O3. The molecule has 4 aromatic rings. The fourth-order valence-corrected chi connectivity index (χ4v) is 3.44. The van der Waals surface area contributed by atoms with E-state index in [2.05, 4.69) is 5.32 Å². The van der Waals surface area contributed by atoms with Crippen molar-refractivity contribution in [3.05, 3.63) is 95.9 Å². The molecule has 156 valence electrons. The van der Waals surface area contributed by atoms with Crippen molar-refractivity contribution >= 4 is 28.5 Å². The SMILES string of the molecule is CCn1cc(C(=O)Nc2ccc(F)cc2)c2cc(OC(=O)Cc3ccccc3)ccc21. The first-order chi connectivity index (χ1) is 15.0. The lowest BCUT2D eigenvalue weighted by molar-refractivity contribution is -0.133. The van der Waals surface area contributed by atoms with Crippen molar-refractivity contribution in [1.29, 1.82) is 0 Å². The Morgan fingerprint density at radius 2 is 1.74 bits per heavy atom. The molecule has 1 aromatic heterocycles. The average Bonchev–Trinajstić information content (AvgIpc) is 3.14. The van der Waals surface area contributed by atoms with Gasteiger partial charge in [0.15, 0.2) is 0 Å². The third kappa shape index (κ3) is 4.64. The molecule has 0 unspecified atom stereocenters. The molecule has 31 heavy (non-hydrogen) atoms. The molecule has 0 saturated carbocycles. The minimum atomic E-state index is -0.377. The molecule has 0 aliphatic carbocycles. The van der Waals surface area contributed by atoms with E-state index in [1.54, 1.807) is 18.3 Å². The minimum absolute atomic E-state index is 0.159. The molecule has 0 radical (unpaired) electrons. The van der Waals surface area contributed by atoms with E-state index in [0.29, 0.717) is 28.9 Å². The molecule has 3 aromatic carbocycles. The van der Waals surface area contributed by atoms with Gasteiger partial charge in [-0.25, -0.2) is 4.39 Å². The van der Waals surface area contributed by atoms with Gasteiger partial charge < -0.3 is 14.6 Å². The molecular weight excluding hydrogens is 395 g/mol. The first-order valence-corrected chi connectivity index (χ1v) is 9.98. The van der Waals surface area contributed by atoms with Crippen LogP contribution in [0, 0.1) is 5.82 Å². The first-order valence-electron chi connectivity index (χ1n) is 9.98. The van der Waals surface area contributed by atoms with Crippen LogP contribution >= 0.6 is 0 Å². The lowest BCUT2D eigenvalue weighted by Gasteiger charge is -2.07.